The lowest BCUT2D eigenvalue weighted by Gasteiger charge is -2.29. The molecule has 4 nitrogen and oxygen atoms in total. The molecule has 0 aliphatic rings. The standard InChI is InChI=1S/C8H13F3N2O2/c1-8(2,7(11)13-15)4(5(9)10)6(14)12-3/h4-5,15H,1-3H3,(H,12,14). The summed E-state index contributed by atoms with van der Waals surface area (Å²) in [7, 11) is 1.17. The highest BCUT2D eigenvalue weighted by Crippen LogP contribution is 2.34. The van der Waals surface area contributed by atoms with Crippen LogP contribution in [0.5, 0.6) is 0 Å². The minimum absolute atomic E-state index is 1.01. The number of nitrogens with one attached hydrogen (secondary N) is 1. The van der Waals surface area contributed by atoms with Gasteiger partial charge in [-0.05, 0) is 0 Å². The van der Waals surface area contributed by atoms with Crippen LogP contribution in [0, 0.1) is 11.3 Å². The number of rotatable bonds is 4. The predicted octanol–water partition coefficient (Wildman–Crippen LogP) is 1.40. The average Bonchev–Trinajstić information content (AvgIpc) is 2.15. The number of carbonyl (C=O) groups is 1. The summed E-state index contributed by atoms with van der Waals surface area (Å²) in [5.41, 5.74) is -1.86. The van der Waals surface area contributed by atoms with Gasteiger partial charge in [-0.1, -0.05) is 19.0 Å². The predicted molar refractivity (Wildman–Crippen MR) is 47.7 cm³/mol. The maximum atomic E-state index is 13.0. The SMILES string of the molecule is CNC(=O)C(C(F)F)C(C)(C)C(F)=NO. The first kappa shape index (κ1) is 13.7. The Morgan fingerprint density at radius 1 is 1.47 bits per heavy atom. The van der Waals surface area contributed by atoms with Crippen LogP contribution in [0.3, 0.4) is 0 Å². The Morgan fingerprint density at radius 2 is 1.93 bits per heavy atom. The number of hydrogen-bond donors (Lipinski definition) is 2. The van der Waals surface area contributed by atoms with Gasteiger partial charge in [0, 0.05) is 7.05 Å². The zero-order valence-electron chi connectivity index (χ0n) is 8.59. The fourth-order valence-electron chi connectivity index (χ4n) is 1.17. The highest BCUT2D eigenvalue weighted by atomic mass is 19.3. The number of hydrogen-bond acceptors (Lipinski definition) is 3. The number of amides is 1. The summed E-state index contributed by atoms with van der Waals surface area (Å²) in [6.45, 7) is 2.13. The first-order valence-corrected chi connectivity index (χ1v) is 4.16. The van der Waals surface area contributed by atoms with Gasteiger partial charge in [0.05, 0.1) is 5.41 Å². The fourth-order valence-corrected chi connectivity index (χ4v) is 1.17. The van der Waals surface area contributed by atoms with E-state index in [1.165, 1.54) is 7.05 Å². The van der Waals surface area contributed by atoms with E-state index in [1.807, 2.05) is 5.32 Å². The van der Waals surface area contributed by atoms with Crippen molar-refractivity contribution < 1.29 is 23.2 Å². The molecule has 0 aromatic carbocycles. The molecule has 0 saturated heterocycles. The van der Waals surface area contributed by atoms with E-state index < -0.39 is 29.6 Å². The van der Waals surface area contributed by atoms with Crippen molar-refractivity contribution in [2.75, 3.05) is 7.05 Å². The normalized spacial score (nSPS) is 15.3. The van der Waals surface area contributed by atoms with Crippen molar-refractivity contribution in [1.82, 2.24) is 5.32 Å². The van der Waals surface area contributed by atoms with E-state index in [0.717, 1.165) is 13.8 Å². The summed E-state index contributed by atoms with van der Waals surface area (Å²) in [4.78, 5) is 11.1. The van der Waals surface area contributed by atoms with Crippen molar-refractivity contribution in [2.24, 2.45) is 16.5 Å². The molecular weight excluding hydrogens is 213 g/mol. The Balaban J connectivity index is 5.16. The van der Waals surface area contributed by atoms with Crippen molar-refractivity contribution in [2.45, 2.75) is 20.3 Å². The van der Waals surface area contributed by atoms with Crippen molar-refractivity contribution in [3.8, 4) is 0 Å². The van der Waals surface area contributed by atoms with Crippen LogP contribution in [-0.4, -0.2) is 30.6 Å². The van der Waals surface area contributed by atoms with Gasteiger partial charge in [0.2, 0.25) is 11.9 Å². The molecule has 0 aromatic heterocycles. The lowest BCUT2D eigenvalue weighted by Crippen LogP contribution is -2.45. The second-order valence-electron chi connectivity index (χ2n) is 3.54. The van der Waals surface area contributed by atoms with E-state index in [-0.39, 0.29) is 0 Å². The molecule has 0 bridgehead atoms. The van der Waals surface area contributed by atoms with Gasteiger partial charge in [-0.3, -0.25) is 4.79 Å². The third kappa shape index (κ3) is 2.84. The first-order chi connectivity index (χ1) is 6.78. The number of carbonyl (C=O) groups excluding carboxylic acids is 1. The van der Waals surface area contributed by atoms with Gasteiger partial charge >= 0.3 is 0 Å². The summed E-state index contributed by atoms with van der Waals surface area (Å²) in [5, 5.41) is 12.4. The fraction of sp³-hybridized carbons (Fsp3) is 0.750. The Bertz CT molecular complexity index is 267. The third-order valence-corrected chi connectivity index (χ3v) is 2.18. The van der Waals surface area contributed by atoms with Gasteiger partial charge in [-0.25, -0.2) is 8.78 Å². The summed E-state index contributed by atoms with van der Waals surface area (Å²) in [5.74, 6) is -4.32. The van der Waals surface area contributed by atoms with Gasteiger partial charge in [0.15, 0.2) is 0 Å². The van der Waals surface area contributed by atoms with Gasteiger partial charge in [-0.2, -0.15) is 4.39 Å². The van der Waals surface area contributed by atoms with Crippen molar-refractivity contribution >= 4 is 11.9 Å². The van der Waals surface area contributed by atoms with E-state index >= 15 is 0 Å². The Labute approximate surface area is 85.1 Å². The molecule has 0 fully saturated rings. The zero-order valence-corrected chi connectivity index (χ0v) is 8.59. The molecule has 2 N–H and O–H groups in total. The lowest BCUT2D eigenvalue weighted by molar-refractivity contribution is -0.133. The van der Waals surface area contributed by atoms with Crippen LogP contribution in [0.1, 0.15) is 13.8 Å². The molecule has 0 aliphatic heterocycles. The number of nitrogens with zero attached hydrogens (tertiary/aromatic N) is 1. The first-order valence-electron chi connectivity index (χ1n) is 4.16. The van der Waals surface area contributed by atoms with Gasteiger partial charge < -0.3 is 10.5 Å². The molecule has 88 valence electrons. The molecule has 0 aromatic rings. The molecule has 1 unspecified atom stereocenters. The monoisotopic (exact) mass is 226 g/mol. The Hall–Kier alpha value is -1.27. The molecule has 0 aliphatic carbocycles. The lowest BCUT2D eigenvalue weighted by atomic mass is 9.78. The molecule has 0 spiro atoms. The molecular formula is C8H13F3N2O2. The van der Waals surface area contributed by atoms with Crippen molar-refractivity contribution in [3.05, 3.63) is 0 Å². The zero-order chi connectivity index (χ0) is 12.2. The van der Waals surface area contributed by atoms with Crippen LogP contribution in [0.25, 0.3) is 0 Å². The molecule has 15 heavy (non-hydrogen) atoms. The Kier molecular flexibility index (Phi) is 4.57. The second-order valence-corrected chi connectivity index (χ2v) is 3.54. The maximum Gasteiger partial charge on any atom is 0.251 e. The van der Waals surface area contributed by atoms with Crippen LogP contribution in [0.2, 0.25) is 0 Å². The number of alkyl halides is 2. The van der Waals surface area contributed by atoms with Crippen molar-refractivity contribution in [1.29, 1.82) is 0 Å². The van der Waals surface area contributed by atoms with Crippen LogP contribution < -0.4 is 5.32 Å². The minimum Gasteiger partial charge on any atom is -0.409 e. The summed E-state index contributed by atoms with van der Waals surface area (Å²) >= 11 is 0. The highest BCUT2D eigenvalue weighted by Gasteiger charge is 2.46. The van der Waals surface area contributed by atoms with Crippen LogP contribution in [0.4, 0.5) is 13.2 Å². The smallest absolute Gasteiger partial charge is 0.251 e. The van der Waals surface area contributed by atoms with Crippen molar-refractivity contribution in [3.63, 3.8) is 0 Å². The molecule has 7 heteroatoms. The molecule has 1 atom stereocenters. The number of oxime groups is 1. The topological polar surface area (TPSA) is 61.7 Å². The van der Waals surface area contributed by atoms with Crippen LogP contribution in [-0.2, 0) is 4.79 Å². The summed E-state index contributed by atoms with van der Waals surface area (Å²) < 4.78 is 38.1. The number of halogens is 3. The van der Waals surface area contributed by atoms with Gasteiger partial charge in [-0.15, -0.1) is 0 Å². The molecule has 0 radical (unpaired) electrons. The Morgan fingerprint density at radius 3 is 2.20 bits per heavy atom. The van der Waals surface area contributed by atoms with E-state index in [9.17, 15) is 18.0 Å². The summed E-state index contributed by atoms with van der Waals surface area (Å²) in [6.07, 6.45) is -3.05. The molecule has 0 rings (SSSR count). The molecule has 0 saturated carbocycles. The quantitative estimate of drug-likeness (QED) is 0.432. The third-order valence-electron chi connectivity index (χ3n) is 2.18. The van der Waals surface area contributed by atoms with E-state index in [0.29, 0.717) is 0 Å². The maximum absolute atomic E-state index is 13.0. The van der Waals surface area contributed by atoms with E-state index in [2.05, 4.69) is 5.16 Å². The van der Waals surface area contributed by atoms with E-state index in [1.54, 1.807) is 0 Å². The highest BCUT2D eigenvalue weighted by molar-refractivity contribution is 5.89. The van der Waals surface area contributed by atoms with Gasteiger partial charge in [0.25, 0.3) is 6.43 Å². The van der Waals surface area contributed by atoms with E-state index in [4.69, 9.17) is 5.21 Å². The second kappa shape index (κ2) is 4.99. The summed E-state index contributed by atoms with van der Waals surface area (Å²) in [6, 6.07) is 0. The molecule has 1 amide bonds. The van der Waals surface area contributed by atoms with Gasteiger partial charge in [0.1, 0.15) is 5.92 Å². The van der Waals surface area contributed by atoms with Crippen LogP contribution >= 0.6 is 0 Å². The average molecular weight is 226 g/mol. The largest absolute Gasteiger partial charge is 0.409 e. The molecule has 0 heterocycles. The van der Waals surface area contributed by atoms with Crippen LogP contribution in [0.15, 0.2) is 5.16 Å². The minimum atomic E-state index is -3.05.